The number of nitrogens with zero attached hydrogens (tertiary/aromatic N) is 1. The standard InChI is InChI=1S/C12H19N3OS/c1-10-7-13-4-5-15(10)9-12(16)14-8-11-3-2-6-17-11/h2-3,6,10,13H,4-5,7-9H2,1H3,(H,14,16)/t10-/m1/s1. The lowest BCUT2D eigenvalue weighted by Crippen LogP contribution is -2.52. The fraction of sp³-hybridized carbons (Fsp3) is 0.583. The van der Waals surface area contributed by atoms with Gasteiger partial charge in [0.05, 0.1) is 13.1 Å². The first-order chi connectivity index (χ1) is 8.25. The topological polar surface area (TPSA) is 44.4 Å². The van der Waals surface area contributed by atoms with E-state index >= 15 is 0 Å². The lowest BCUT2D eigenvalue weighted by atomic mass is 10.2. The molecule has 0 saturated carbocycles. The average molecular weight is 253 g/mol. The van der Waals surface area contributed by atoms with Gasteiger partial charge in [0.25, 0.3) is 0 Å². The van der Waals surface area contributed by atoms with Gasteiger partial charge in [0.1, 0.15) is 0 Å². The van der Waals surface area contributed by atoms with Crippen LogP contribution in [0.1, 0.15) is 11.8 Å². The third-order valence-electron chi connectivity index (χ3n) is 3.03. The Morgan fingerprint density at radius 1 is 1.71 bits per heavy atom. The lowest BCUT2D eigenvalue weighted by molar-refractivity contribution is -0.123. The van der Waals surface area contributed by atoms with Crippen molar-refractivity contribution in [3.8, 4) is 0 Å². The molecule has 1 fully saturated rings. The van der Waals surface area contributed by atoms with E-state index < -0.39 is 0 Å². The van der Waals surface area contributed by atoms with E-state index in [4.69, 9.17) is 0 Å². The molecule has 2 rings (SSSR count). The van der Waals surface area contributed by atoms with Crippen LogP contribution >= 0.6 is 11.3 Å². The highest BCUT2D eigenvalue weighted by molar-refractivity contribution is 7.09. The second-order valence-corrected chi connectivity index (χ2v) is 5.41. The van der Waals surface area contributed by atoms with E-state index in [0.29, 0.717) is 19.1 Å². The zero-order chi connectivity index (χ0) is 12.1. The van der Waals surface area contributed by atoms with Crippen molar-refractivity contribution in [3.05, 3.63) is 22.4 Å². The van der Waals surface area contributed by atoms with Gasteiger partial charge >= 0.3 is 0 Å². The monoisotopic (exact) mass is 253 g/mol. The predicted octanol–water partition coefficient (Wildman–Crippen LogP) is 0.658. The van der Waals surface area contributed by atoms with Gasteiger partial charge in [0.2, 0.25) is 5.91 Å². The summed E-state index contributed by atoms with van der Waals surface area (Å²) in [4.78, 5) is 15.2. The maximum absolute atomic E-state index is 11.8. The van der Waals surface area contributed by atoms with Gasteiger partial charge in [0.15, 0.2) is 0 Å². The number of rotatable bonds is 4. The second-order valence-electron chi connectivity index (χ2n) is 4.38. The van der Waals surface area contributed by atoms with E-state index in [9.17, 15) is 4.79 Å². The fourth-order valence-electron chi connectivity index (χ4n) is 1.96. The smallest absolute Gasteiger partial charge is 0.234 e. The molecule has 4 nitrogen and oxygen atoms in total. The van der Waals surface area contributed by atoms with Gasteiger partial charge in [-0.25, -0.2) is 0 Å². The third kappa shape index (κ3) is 3.80. The van der Waals surface area contributed by atoms with E-state index in [1.54, 1.807) is 11.3 Å². The second kappa shape index (κ2) is 6.14. The van der Waals surface area contributed by atoms with Gasteiger partial charge in [-0.2, -0.15) is 0 Å². The van der Waals surface area contributed by atoms with E-state index in [1.165, 1.54) is 4.88 Å². The molecule has 1 atom stereocenters. The summed E-state index contributed by atoms with van der Waals surface area (Å²) in [6.45, 7) is 6.21. The Morgan fingerprint density at radius 2 is 2.59 bits per heavy atom. The van der Waals surface area contributed by atoms with E-state index in [1.807, 2.05) is 17.5 Å². The summed E-state index contributed by atoms with van der Waals surface area (Å²) in [5, 5.41) is 8.31. The quantitative estimate of drug-likeness (QED) is 0.828. The molecule has 0 unspecified atom stereocenters. The number of hydrogen-bond donors (Lipinski definition) is 2. The summed E-state index contributed by atoms with van der Waals surface area (Å²) in [5.41, 5.74) is 0. The molecule has 0 aliphatic carbocycles. The van der Waals surface area contributed by atoms with Crippen LogP contribution in [0.5, 0.6) is 0 Å². The van der Waals surface area contributed by atoms with Crippen LogP contribution < -0.4 is 10.6 Å². The number of carbonyl (C=O) groups is 1. The number of hydrogen-bond acceptors (Lipinski definition) is 4. The van der Waals surface area contributed by atoms with Gasteiger partial charge < -0.3 is 10.6 Å². The van der Waals surface area contributed by atoms with Crippen molar-refractivity contribution in [1.82, 2.24) is 15.5 Å². The molecule has 0 aromatic carbocycles. The van der Waals surface area contributed by atoms with Crippen LogP contribution in [0, 0.1) is 0 Å². The van der Waals surface area contributed by atoms with Crippen molar-refractivity contribution in [2.24, 2.45) is 0 Å². The first kappa shape index (κ1) is 12.5. The fourth-order valence-corrected chi connectivity index (χ4v) is 2.60. The summed E-state index contributed by atoms with van der Waals surface area (Å²) in [7, 11) is 0. The molecular formula is C12H19N3OS. The van der Waals surface area contributed by atoms with Gasteiger partial charge in [-0.1, -0.05) is 6.07 Å². The van der Waals surface area contributed by atoms with Crippen LogP contribution in [0.2, 0.25) is 0 Å². The molecule has 0 bridgehead atoms. The Kier molecular flexibility index (Phi) is 4.53. The summed E-state index contributed by atoms with van der Waals surface area (Å²) >= 11 is 1.67. The number of carbonyl (C=O) groups excluding carboxylic acids is 1. The van der Waals surface area contributed by atoms with Gasteiger partial charge in [0, 0.05) is 30.6 Å². The predicted molar refractivity (Wildman–Crippen MR) is 70.1 cm³/mol. The summed E-state index contributed by atoms with van der Waals surface area (Å²) in [6.07, 6.45) is 0. The maximum atomic E-state index is 11.8. The van der Waals surface area contributed by atoms with Crippen LogP contribution in [-0.4, -0.2) is 43.0 Å². The molecule has 2 heterocycles. The third-order valence-corrected chi connectivity index (χ3v) is 3.90. The van der Waals surface area contributed by atoms with Crippen LogP contribution in [0.15, 0.2) is 17.5 Å². The van der Waals surface area contributed by atoms with Gasteiger partial charge in [-0.15, -0.1) is 11.3 Å². The van der Waals surface area contributed by atoms with Gasteiger partial charge in [-0.3, -0.25) is 9.69 Å². The maximum Gasteiger partial charge on any atom is 0.234 e. The molecule has 17 heavy (non-hydrogen) atoms. The summed E-state index contributed by atoms with van der Waals surface area (Å²) in [5.74, 6) is 0.118. The van der Waals surface area contributed by atoms with Crippen molar-refractivity contribution in [2.75, 3.05) is 26.2 Å². The molecule has 1 amide bonds. The molecule has 1 aromatic rings. The number of nitrogens with one attached hydrogen (secondary N) is 2. The average Bonchev–Trinajstić information content (AvgIpc) is 2.82. The van der Waals surface area contributed by atoms with Crippen LogP contribution in [0.4, 0.5) is 0 Å². The summed E-state index contributed by atoms with van der Waals surface area (Å²) in [6, 6.07) is 4.49. The highest BCUT2D eigenvalue weighted by Crippen LogP contribution is 2.07. The normalized spacial score (nSPS) is 21.4. The Morgan fingerprint density at radius 3 is 3.29 bits per heavy atom. The van der Waals surface area contributed by atoms with Crippen molar-refractivity contribution >= 4 is 17.2 Å². The molecule has 1 saturated heterocycles. The van der Waals surface area contributed by atoms with Crippen molar-refractivity contribution in [3.63, 3.8) is 0 Å². The highest BCUT2D eigenvalue weighted by atomic mass is 32.1. The first-order valence-electron chi connectivity index (χ1n) is 5.99. The van der Waals surface area contributed by atoms with E-state index in [2.05, 4.69) is 22.5 Å². The van der Waals surface area contributed by atoms with E-state index in [0.717, 1.165) is 19.6 Å². The molecule has 1 aromatic heterocycles. The lowest BCUT2D eigenvalue weighted by Gasteiger charge is -2.33. The van der Waals surface area contributed by atoms with Crippen LogP contribution in [0.25, 0.3) is 0 Å². The summed E-state index contributed by atoms with van der Waals surface area (Å²) < 4.78 is 0. The Bertz CT molecular complexity index is 353. The van der Waals surface area contributed by atoms with Crippen molar-refractivity contribution < 1.29 is 4.79 Å². The molecule has 5 heteroatoms. The van der Waals surface area contributed by atoms with Crippen LogP contribution in [-0.2, 0) is 11.3 Å². The minimum absolute atomic E-state index is 0.118. The molecule has 1 aliphatic rings. The first-order valence-corrected chi connectivity index (χ1v) is 6.87. The molecule has 2 N–H and O–H groups in total. The highest BCUT2D eigenvalue weighted by Gasteiger charge is 2.19. The minimum Gasteiger partial charge on any atom is -0.350 e. The zero-order valence-electron chi connectivity index (χ0n) is 10.1. The number of piperazine rings is 1. The SMILES string of the molecule is C[C@@H]1CNCCN1CC(=O)NCc1cccs1. The molecular weight excluding hydrogens is 234 g/mol. The molecule has 94 valence electrons. The minimum atomic E-state index is 0.118. The van der Waals surface area contributed by atoms with Crippen molar-refractivity contribution in [2.45, 2.75) is 19.5 Å². The van der Waals surface area contributed by atoms with Gasteiger partial charge in [-0.05, 0) is 18.4 Å². The number of amides is 1. The molecule has 1 aliphatic heterocycles. The Balaban J connectivity index is 1.73. The van der Waals surface area contributed by atoms with Crippen molar-refractivity contribution in [1.29, 1.82) is 0 Å². The zero-order valence-corrected chi connectivity index (χ0v) is 10.9. The Labute approximate surface area is 106 Å². The Hall–Kier alpha value is -0.910. The molecule has 0 spiro atoms. The molecule has 0 radical (unpaired) electrons. The largest absolute Gasteiger partial charge is 0.350 e. The van der Waals surface area contributed by atoms with E-state index in [-0.39, 0.29) is 5.91 Å². The van der Waals surface area contributed by atoms with Crippen LogP contribution in [0.3, 0.4) is 0 Å². The number of thiophene rings is 1.